The van der Waals surface area contributed by atoms with Crippen LogP contribution in [0.5, 0.6) is 17.2 Å². The van der Waals surface area contributed by atoms with Crippen molar-refractivity contribution in [2.75, 3.05) is 21.3 Å². The Balaban J connectivity index is 1.93. The maximum absolute atomic E-state index is 12.3. The quantitative estimate of drug-likeness (QED) is 0.754. The van der Waals surface area contributed by atoms with Crippen molar-refractivity contribution in [3.05, 3.63) is 51.9 Å². The van der Waals surface area contributed by atoms with E-state index in [2.05, 4.69) is 10.3 Å². The molecular formula is C19H17ClN2O4S. The molecule has 8 heteroatoms. The number of nitrogens with zero attached hydrogens (tertiary/aromatic N) is 1. The number of halogens is 1. The molecule has 140 valence electrons. The number of ether oxygens (including phenoxy) is 3. The Morgan fingerprint density at radius 1 is 1.07 bits per heavy atom. The molecule has 2 aromatic rings. The van der Waals surface area contributed by atoms with Crippen molar-refractivity contribution < 1.29 is 19.0 Å². The van der Waals surface area contributed by atoms with Gasteiger partial charge < -0.3 is 19.5 Å². The molecule has 0 bridgehead atoms. The Morgan fingerprint density at radius 2 is 1.85 bits per heavy atom. The van der Waals surface area contributed by atoms with Crippen molar-refractivity contribution in [3.63, 3.8) is 0 Å². The zero-order valence-electron chi connectivity index (χ0n) is 14.9. The Morgan fingerprint density at radius 3 is 2.56 bits per heavy atom. The van der Waals surface area contributed by atoms with Gasteiger partial charge in [-0.2, -0.15) is 0 Å². The normalized spacial score (nSPS) is 16.5. The van der Waals surface area contributed by atoms with Crippen LogP contribution >= 0.6 is 23.4 Å². The van der Waals surface area contributed by atoms with Crippen molar-refractivity contribution in [1.82, 2.24) is 5.32 Å². The minimum atomic E-state index is -0.246. The molecule has 6 nitrogen and oxygen atoms in total. The fourth-order valence-electron chi connectivity index (χ4n) is 2.51. The van der Waals surface area contributed by atoms with Crippen LogP contribution in [0.4, 0.5) is 5.69 Å². The van der Waals surface area contributed by atoms with Crippen LogP contribution in [-0.2, 0) is 4.79 Å². The van der Waals surface area contributed by atoms with Gasteiger partial charge in [0.15, 0.2) is 16.7 Å². The number of hydrogen-bond donors (Lipinski definition) is 1. The molecule has 1 heterocycles. The minimum Gasteiger partial charge on any atom is -0.494 e. The highest BCUT2D eigenvalue weighted by molar-refractivity contribution is 8.18. The van der Waals surface area contributed by atoms with Gasteiger partial charge >= 0.3 is 0 Å². The smallest absolute Gasteiger partial charge is 0.264 e. The van der Waals surface area contributed by atoms with Crippen LogP contribution in [0.25, 0.3) is 6.08 Å². The molecule has 0 aromatic heterocycles. The summed E-state index contributed by atoms with van der Waals surface area (Å²) in [5.74, 6) is 1.47. The zero-order chi connectivity index (χ0) is 19.4. The lowest BCUT2D eigenvalue weighted by Crippen LogP contribution is -2.19. The lowest BCUT2D eigenvalue weighted by atomic mass is 10.1. The summed E-state index contributed by atoms with van der Waals surface area (Å²) in [6, 6.07) is 10.6. The maximum Gasteiger partial charge on any atom is 0.264 e. The molecule has 0 saturated carbocycles. The molecule has 3 rings (SSSR count). The summed E-state index contributed by atoms with van der Waals surface area (Å²) in [5.41, 5.74) is 1.27. The molecule has 1 aliphatic rings. The third-order valence-electron chi connectivity index (χ3n) is 3.73. The van der Waals surface area contributed by atoms with Gasteiger partial charge in [-0.25, -0.2) is 4.99 Å². The second kappa shape index (κ2) is 8.37. The van der Waals surface area contributed by atoms with Crippen LogP contribution in [0.1, 0.15) is 5.56 Å². The van der Waals surface area contributed by atoms with Crippen molar-refractivity contribution in [1.29, 1.82) is 0 Å². The highest BCUT2D eigenvalue weighted by Gasteiger charge is 2.25. The lowest BCUT2D eigenvalue weighted by molar-refractivity contribution is -0.115. The first-order valence-corrected chi connectivity index (χ1v) is 9.09. The summed E-state index contributed by atoms with van der Waals surface area (Å²) in [7, 11) is 4.67. The van der Waals surface area contributed by atoms with Gasteiger partial charge in [-0.1, -0.05) is 23.7 Å². The molecule has 0 atom stereocenters. The van der Waals surface area contributed by atoms with Crippen LogP contribution in [0.2, 0.25) is 5.02 Å². The fraction of sp³-hybridized carbons (Fsp3) is 0.158. The number of hydrogen-bond acceptors (Lipinski definition) is 6. The van der Waals surface area contributed by atoms with Gasteiger partial charge in [-0.15, -0.1) is 0 Å². The highest BCUT2D eigenvalue weighted by Crippen LogP contribution is 2.36. The lowest BCUT2D eigenvalue weighted by Gasteiger charge is -2.10. The van der Waals surface area contributed by atoms with Gasteiger partial charge in [0.1, 0.15) is 11.4 Å². The van der Waals surface area contributed by atoms with Gasteiger partial charge in [-0.3, -0.25) is 4.79 Å². The highest BCUT2D eigenvalue weighted by atomic mass is 35.5. The fourth-order valence-corrected chi connectivity index (χ4v) is 3.50. The minimum absolute atomic E-state index is 0.246. The van der Waals surface area contributed by atoms with E-state index in [-0.39, 0.29) is 5.91 Å². The largest absolute Gasteiger partial charge is 0.494 e. The molecule has 0 unspecified atom stereocenters. The number of methoxy groups -OCH3 is 3. The number of carbonyl (C=O) groups excluding carboxylic acids is 1. The van der Waals surface area contributed by atoms with Crippen LogP contribution in [0.15, 0.2) is 46.3 Å². The summed E-state index contributed by atoms with van der Waals surface area (Å²) < 4.78 is 16.0. The van der Waals surface area contributed by atoms with Gasteiger partial charge in [0.05, 0.1) is 26.2 Å². The number of rotatable bonds is 5. The summed E-state index contributed by atoms with van der Waals surface area (Å²) >= 11 is 7.25. The first-order chi connectivity index (χ1) is 13.0. The molecular weight excluding hydrogens is 388 g/mol. The number of aliphatic imine (C=N–C) groups is 1. The Bertz CT molecular complexity index is 943. The SMILES string of the molecule is COc1ccc(Cl)cc1N=C1NC(=O)/C(=C/c2cccc(OC)c2OC)S1. The Labute approximate surface area is 166 Å². The van der Waals surface area contributed by atoms with Crippen LogP contribution in [-0.4, -0.2) is 32.4 Å². The number of amides is 1. The zero-order valence-corrected chi connectivity index (χ0v) is 16.5. The number of nitrogens with one attached hydrogen (secondary N) is 1. The maximum atomic E-state index is 12.3. The Kier molecular flexibility index (Phi) is 5.93. The average Bonchev–Trinajstić information content (AvgIpc) is 3.00. The van der Waals surface area contributed by atoms with E-state index in [9.17, 15) is 4.79 Å². The van der Waals surface area contributed by atoms with E-state index in [1.54, 1.807) is 51.7 Å². The standard InChI is InChI=1S/C19H17ClN2O4S/c1-24-14-8-7-12(20)10-13(14)21-19-22-18(23)16(27-19)9-11-5-4-6-15(25-2)17(11)26-3/h4-10H,1-3H3,(H,21,22,23)/b16-9-. The number of benzene rings is 2. The summed E-state index contributed by atoms with van der Waals surface area (Å²) in [5, 5.41) is 3.71. The van der Waals surface area contributed by atoms with E-state index in [0.29, 0.717) is 38.0 Å². The van der Waals surface area contributed by atoms with Crippen LogP contribution in [0.3, 0.4) is 0 Å². The molecule has 0 aliphatic carbocycles. The second-order valence-corrected chi connectivity index (χ2v) is 6.85. The topological polar surface area (TPSA) is 69.2 Å². The molecule has 0 radical (unpaired) electrons. The van der Waals surface area contributed by atoms with Gasteiger partial charge in [-0.05, 0) is 42.1 Å². The number of carbonyl (C=O) groups is 1. The van der Waals surface area contributed by atoms with E-state index in [4.69, 9.17) is 25.8 Å². The first-order valence-electron chi connectivity index (χ1n) is 7.90. The summed E-state index contributed by atoms with van der Waals surface area (Å²) in [6.07, 6.45) is 1.74. The van der Waals surface area contributed by atoms with E-state index in [0.717, 1.165) is 5.56 Å². The van der Waals surface area contributed by atoms with Crippen LogP contribution in [0, 0.1) is 0 Å². The van der Waals surface area contributed by atoms with Crippen molar-refractivity contribution in [2.45, 2.75) is 0 Å². The van der Waals surface area contributed by atoms with Crippen LogP contribution < -0.4 is 19.5 Å². The molecule has 27 heavy (non-hydrogen) atoms. The molecule has 1 amide bonds. The molecule has 1 aliphatic heterocycles. The third kappa shape index (κ3) is 4.20. The van der Waals surface area contributed by atoms with E-state index in [1.807, 2.05) is 12.1 Å². The van der Waals surface area contributed by atoms with E-state index >= 15 is 0 Å². The van der Waals surface area contributed by atoms with Crippen molar-refractivity contribution >= 4 is 46.2 Å². The van der Waals surface area contributed by atoms with Gasteiger partial charge in [0.25, 0.3) is 5.91 Å². The third-order valence-corrected chi connectivity index (χ3v) is 4.88. The summed E-state index contributed by atoms with van der Waals surface area (Å²) in [6.45, 7) is 0. The Hall–Kier alpha value is -2.64. The summed E-state index contributed by atoms with van der Waals surface area (Å²) in [4.78, 5) is 17.3. The first kappa shape index (κ1) is 19.1. The predicted octanol–water partition coefficient (Wildman–Crippen LogP) is 4.26. The van der Waals surface area contributed by atoms with Crippen molar-refractivity contribution in [2.24, 2.45) is 4.99 Å². The average molecular weight is 405 g/mol. The number of amidine groups is 1. The number of thioether (sulfide) groups is 1. The molecule has 0 spiro atoms. The van der Waals surface area contributed by atoms with Gasteiger partial charge in [0, 0.05) is 10.6 Å². The van der Waals surface area contributed by atoms with Crippen molar-refractivity contribution in [3.8, 4) is 17.2 Å². The molecule has 1 fully saturated rings. The van der Waals surface area contributed by atoms with E-state index < -0.39 is 0 Å². The second-order valence-electron chi connectivity index (χ2n) is 5.38. The van der Waals surface area contributed by atoms with E-state index in [1.165, 1.54) is 11.8 Å². The van der Waals surface area contributed by atoms with Gasteiger partial charge in [0.2, 0.25) is 0 Å². The predicted molar refractivity (Wildman–Crippen MR) is 108 cm³/mol. The molecule has 1 saturated heterocycles. The molecule has 1 N–H and O–H groups in total. The number of para-hydroxylation sites is 1. The monoisotopic (exact) mass is 404 g/mol. The molecule has 2 aromatic carbocycles.